The third-order valence-corrected chi connectivity index (χ3v) is 1.50. The van der Waals surface area contributed by atoms with E-state index in [0.717, 1.165) is 19.3 Å². The highest BCUT2D eigenvalue weighted by Gasteiger charge is 1.97. The molecule has 62 valence electrons. The zero-order chi connectivity index (χ0) is 8.53. The van der Waals surface area contributed by atoms with E-state index in [1.807, 2.05) is 0 Å². The second kappa shape index (κ2) is 7.64. The molecule has 11 heavy (non-hydrogen) atoms. The summed E-state index contributed by atoms with van der Waals surface area (Å²) in [6.45, 7) is 4.26. The van der Waals surface area contributed by atoms with Crippen LogP contribution in [-0.4, -0.2) is 11.2 Å². The minimum Gasteiger partial charge on any atom is -0.225 e. The molecule has 0 rings (SSSR count). The summed E-state index contributed by atoms with van der Waals surface area (Å²) >= 11 is 4.54. The van der Waals surface area contributed by atoms with Crippen LogP contribution in [0, 0.1) is 0 Å². The molecule has 0 aromatic rings. The Bertz CT molecular complexity index is 157. The van der Waals surface area contributed by atoms with Gasteiger partial charge in [0, 0.05) is 0 Å². The molecule has 0 amide bonds. The molecule has 0 saturated heterocycles. The van der Waals surface area contributed by atoms with E-state index in [9.17, 15) is 0 Å². The highest BCUT2D eigenvalue weighted by molar-refractivity contribution is 7.78. The molecule has 0 aliphatic heterocycles. The Morgan fingerprint density at radius 2 is 2.27 bits per heavy atom. The number of isothiocyanates is 1. The van der Waals surface area contributed by atoms with Crippen molar-refractivity contribution in [3.05, 3.63) is 12.2 Å². The molecule has 0 N–H and O–H groups in total. The van der Waals surface area contributed by atoms with Crippen molar-refractivity contribution in [2.45, 2.75) is 39.2 Å². The molecular weight excluding hydrogens is 154 g/mol. The van der Waals surface area contributed by atoms with Crippen LogP contribution in [0.15, 0.2) is 17.1 Å². The Hall–Kier alpha value is -0.460. The summed E-state index contributed by atoms with van der Waals surface area (Å²) in [4.78, 5) is 4.03. The van der Waals surface area contributed by atoms with E-state index >= 15 is 0 Å². The van der Waals surface area contributed by atoms with Gasteiger partial charge in [-0.25, -0.2) is 4.99 Å². The Morgan fingerprint density at radius 3 is 2.73 bits per heavy atom. The molecule has 0 spiro atoms. The summed E-state index contributed by atoms with van der Waals surface area (Å²) in [7, 11) is 0. The van der Waals surface area contributed by atoms with Gasteiger partial charge in [0.15, 0.2) is 0 Å². The molecule has 0 heterocycles. The summed E-state index contributed by atoms with van der Waals surface area (Å²) in [5, 5.41) is 2.42. The number of hydrogen-bond donors (Lipinski definition) is 0. The quantitative estimate of drug-likeness (QED) is 0.350. The maximum absolute atomic E-state index is 4.54. The lowest BCUT2D eigenvalue weighted by Crippen LogP contribution is -1.97. The minimum absolute atomic E-state index is 0.262. The Kier molecular flexibility index (Phi) is 7.33. The maximum atomic E-state index is 4.54. The fraction of sp³-hybridized carbons (Fsp3) is 0.667. The Labute approximate surface area is 74.2 Å². The lowest BCUT2D eigenvalue weighted by Gasteiger charge is -2.01. The van der Waals surface area contributed by atoms with Crippen LogP contribution < -0.4 is 0 Å². The number of thiocarbonyl (C=S) groups is 1. The van der Waals surface area contributed by atoms with Gasteiger partial charge < -0.3 is 0 Å². The zero-order valence-corrected chi connectivity index (χ0v) is 8.03. The number of allylic oxidation sites excluding steroid dienone is 1. The van der Waals surface area contributed by atoms with E-state index in [1.54, 1.807) is 0 Å². The van der Waals surface area contributed by atoms with Crippen LogP contribution in [0.5, 0.6) is 0 Å². The summed E-state index contributed by atoms with van der Waals surface area (Å²) in [5.41, 5.74) is 0. The van der Waals surface area contributed by atoms with Crippen molar-refractivity contribution < 1.29 is 0 Å². The van der Waals surface area contributed by atoms with E-state index in [0.29, 0.717) is 0 Å². The van der Waals surface area contributed by atoms with E-state index < -0.39 is 0 Å². The van der Waals surface area contributed by atoms with Gasteiger partial charge in [-0.15, -0.1) is 0 Å². The van der Waals surface area contributed by atoms with Crippen LogP contribution in [0.3, 0.4) is 0 Å². The summed E-state index contributed by atoms with van der Waals surface area (Å²) in [6, 6.07) is 0.262. The fourth-order valence-corrected chi connectivity index (χ4v) is 0.996. The third kappa shape index (κ3) is 5.96. The molecule has 0 bridgehead atoms. The maximum Gasteiger partial charge on any atom is 0.0783 e. The summed E-state index contributed by atoms with van der Waals surface area (Å²) in [6.07, 6.45) is 7.49. The molecule has 0 aromatic heterocycles. The van der Waals surface area contributed by atoms with Gasteiger partial charge in [-0.3, -0.25) is 0 Å². The first kappa shape index (κ1) is 10.5. The molecule has 0 saturated carbocycles. The van der Waals surface area contributed by atoms with Gasteiger partial charge in [-0.2, -0.15) is 0 Å². The van der Waals surface area contributed by atoms with Gasteiger partial charge in [0.05, 0.1) is 11.2 Å². The van der Waals surface area contributed by atoms with Crippen molar-refractivity contribution >= 4 is 17.4 Å². The van der Waals surface area contributed by atoms with Crippen LogP contribution in [0.2, 0.25) is 0 Å². The molecule has 1 nitrogen and oxygen atoms in total. The molecule has 1 unspecified atom stereocenters. The lowest BCUT2D eigenvalue weighted by atomic mass is 10.1. The average molecular weight is 169 g/mol. The predicted molar refractivity (Wildman–Crippen MR) is 53.2 cm³/mol. The number of aliphatic imine (C=N–C) groups is 1. The van der Waals surface area contributed by atoms with E-state index in [2.05, 4.69) is 48.4 Å². The number of nitrogens with zero attached hydrogens (tertiary/aromatic N) is 1. The highest BCUT2D eigenvalue weighted by Crippen LogP contribution is 2.02. The second-order valence-corrected chi connectivity index (χ2v) is 2.60. The first-order valence-electron chi connectivity index (χ1n) is 4.08. The highest BCUT2D eigenvalue weighted by atomic mass is 32.1. The van der Waals surface area contributed by atoms with Gasteiger partial charge in [-0.1, -0.05) is 32.4 Å². The Balaban J connectivity index is 3.87. The average Bonchev–Trinajstić information content (AvgIpc) is 2.01. The van der Waals surface area contributed by atoms with Crippen LogP contribution in [0.25, 0.3) is 0 Å². The van der Waals surface area contributed by atoms with Crippen molar-refractivity contribution in [2.75, 3.05) is 0 Å². The zero-order valence-electron chi connectivity index (χ0n) is 7.21. The van der Waals surface area contributed by atoms with Gasteiger partial charge >= 0.3 is 0 Å². The molecule has 0 aliphatic rings. The van der Waals surface area contributed by atoms with Crippen molar-refractivity contribution in [3.8, 4) is 0 Å². The molecule has 0 aromatic carbocycles. The second-order valence-electron chi connectivity index (χ2n) is 2.41. The van der Waals surface area contributed by atoms with E-state index in [-0.39, 0.29) is 6.04 Å². The lowest BCUT2D eigenvalue weighted by molar-refractivity contribution is 0.707. The van der Waals surface area contributed by atoms with Crippen molar-refractivity contribution in [3.63, 3.8) is 0 Å². The largest absolute Gasteiger partial charge is 0.225 e. The topological polar surface area (TPSA) is 12.4 Å². The molecular formula is C9H15NS. The van der Waals surface area contributed by atoms with Crippen LogP contribution in [-0.2, 0) is 0 Å². The monoisotopic (exact) mass is 169 g/mol. The normalized spacial score (nSPS) is 12.9. The van der Waals surface area contributed by atoms with Gasteiger partial charge in [0.1, 0.15) is 0 Å². The van der Waals surface area contributed by atoms with Crippen LogP contribution in [0.4, 0.5) is 0 Å². The summed E-state index contributed by atoms with van der Waals surface area (Å²) < 4.78 is 0. The van der Waals surface area contributed by atoms with Crippen molar-refractivity contribution in [1.29, 1.82) is 0 Å². The van der Waals surface area contributed by atoms with E-state index in [1.165, 1.54) is 0 Å². The predicted octanol–water partition coefficient (Wildman–Crippen LogP) is 3.22. The standard InChI is InChI=1S/C9H15NS/c1-3-5-7-9(6-4-2)10-8-11/h5,7,9H,3-4,6H2,1-2H3. The van der Waals surface area contributed by atoms with Gasteiger partial charge in [-0.05, 0) is 25.1 Å². The van der Waals surface area contributed by atoms with Gasteiger partial charge in [0.25, 0.3) is 0 Å². The smallest absolute Gasteiger partial charge is 0.0783 e. The SMILES string of the molecule is CCC=CC(CCC)N=C=S. The number of hydrogen-bond acceptors (Lipinski definition) is 2. The molecule has 2 heteroatoms. The van der Waals surface area contributed by atoms with Crippen molar-refractivity contribution in [2.24, 2.45) is 4.99 Å². The Morgan fingerprint density at radius 1 is 1.55 bits per heavy atom. The molecule has 1 atom stereocenters. The minimum atomic E-state index is 0.262. The molecule has 0 fully saturated rings. The van der Waals surface area contributed by atoms with Crippen molar-refractivity contribution in [1.82, 2.24) is 0 Å². The summed E-state index contributed by atoms with van der Waals surface area (Å²) in [5.74, 6) is 0. The first-order chi connectivity index (χ1) is 5.35. The number of rotatable bonds is 5. The van der Waals surface area contributed by atoms with Crippen LogP contribution >= 0.6 is 12.2 Å². The first-order valence-corrected chi connectivity index (χ1v) is 4.49. The van der Waals surface area contributed by atoms with Crippen LogP contribution in [0.1, 0.15) is 33.1 Å². The molecule has 0 radical (unpaired) electrons. The molecule has 0 aliphatic carbocycles. The van der Waals surface area contributed by atoms with E-state index in [4.69, 9.17) is 0 Å². The fourth-order valence-electron chi connectivity index (χ4n) is 0.860. The van der Waals surface area contributed by atoms with Gasteiger partial charge in [0.2, 0.25) is 0 Å². The third-order valence-electron chi connectivity index (χ3n) is 1.40.